The Bertz CT molecular complexity index is 672. The molecule has 0 unspecified atom stereocenters. The molecule has 1 aliphatic heterocycles. The number of imidazole rings is 1. The lowest BCUT2D eigenvalue weighted by Gasteiger charge is -2.23. The van der Waals surface area contributed by atoms with Crippen molar-refractivity contribution in [3.63, 3.8) is 0 Å². The number of fused-ring (bicyclic) bond motifs is 1. The predicted molar refractivity (Wildman–Crippen MR) is 83.5 cm³/mol. The van der Waals surface area contributed by atoms with E-state index < -0.39 is 0 Å². The lowest BCUT2D eigenvalue weighted by molar-refractivity contribution is 0.212. The summed E-state index contributed by atoms with van der Waals surface area (Å²) in [6, 6.07) is 0.405. The Labute approximate surface area is 131 Å². The number of hydrogen-bond donors (Lipinski definition) is 0. The molecule has 1 atom stereocenters. The smallest absolute Gasteiger partial charge is 0.208 e. The molecule has 5 heteroatoms. The minimum atomic E-state index is 0.405. The standard InChI is InChI=1S/C17H24N4O/c1-12-10-18-16(22-12)11-21-9-5-8-15(21)17-19-13-6-3-4-7-14(13)20(17)2/h10,15H,3-9,11H2,1-2H3/t15-/m1/s1. The van der Waals surface area contributed by atoms with E-state index in [4.69, 9.17) is 9.40 Å². The van der Waals surface area contributed by atoms with Gasteiger partial charge in [0.1, 0.15) is 11.6 Å². The van der Waals surface area contributed by atoms with E-state index in [1.807, 2.05) is 6.92 Å². The van der Waals surface area contributed by atoms with Gasteiger partial charge < -0.3 is 8.98 Å². The molecule has 0 bridgehead atoms. The van der Waals surface area contributed by atoms with Crippen molar-refractivity contribution in [1.82, 2.24) is 19.4 Å². The Morgan fingerprint density at radius 2 is 2.14 bits per heavy atom. The molecule has 2 aromatic rings. The first kappa shape index (κ1) is 14.0. The summed E-state index contributed by atoms with van der Waals surface area (Å²) >= 11 is 0. The monoisotopic (exact) mass is 300 g/mol. The van der Waals surface area contributed by atoms with Crippen molar-refractivity contribution in [2.24, 2.45) is 7.05 Å². The summed E-state index contributed by atoms with van der Waals surface area (Å²) in [5.41, 5.74) is 2.79. The quantitative estimate of drug-likeness (QED) is 0.874. The Morgan fingerprint density at radius 3 is 2.91 bits per heavy atom. The van der Waals surface area contributed by atoms with Crippen LogP contribution in [-0.4, -0.2) is 26.0 Å². The molecule has 1 saturated heterocycles. The number of aryl methyl sites for hydroxylation is 2. The highest BCUT2D eigenvalue weighted by Crippen LogP contribution is 2.34. The van der Waals surface area contributed by atoms with Gasteiger partial charge in [-0.1, -0.05) is 0 Å². The van der Waals surface area contributed by atoms with Gasteiger partial charge >= 0.3 is 0 Å². The summed E-state index contributed by atoms with van der Waals surface area (Å²) in [5.74, 6) is 2.95. The molecular formula is C17H24N4O. The number of rotatable bonds is 3. The number of nitrogens with zero attached hydrogens (tertiary/aromatic N) is 4. The lowest BCUT2D eigenvalue weighted by Crippen LogP contribution is -2.25. The highest BCUT2D eigenvalue weighted by Gasteiger charge is 2.32. The van der Waals surface area contributed by atoms with Crippen LogP contribution in [0.15, 0.2) is 10.6 Å². The summed E-state index contributed by atoms with van der Waals surface area (Å²) < 4.78 is 8.02. The van der Waals surface area contributed by atoms with Crippen LogP contribution in [0.3, 0.4) is 0 Å². The van der Waals surface area contributed by atoms with Crippen LogP contribution in [0.1, 0.15) is 60.6 Å². The molecule has 2 aromatic heterocycles. The molecule has 2 aliphatic rings. The molecule has 1 aliphatic carbocycles. The SMILES string of the molecule is Cc1cnc(CN2CCC[C@@H]2c2nc3c(n2C)CCCC3)o1. The second kappa shape index (κ2) is 5.54. The zero-order valence-corrected chi connectivity index (χ0v) is 13.5. The predicted octanol–water partition coefficient (Wildman–Crippen LogP) is 2.93. The van der Waals surface area contributed by atoms with E-state index in [0.717, 1.165) is 31.2 Å². The van der Waals surface area contributed by atoms with Gasteiger partial charge in [-0.05, 0) is 52.0 Å². The van der Waals surface area contributed by atoms with Gasteiger partial charge in [-0.15, -0.1) is 0 Å². The van der Waals surface area contributed by atoms with Crippen molar-refractivity contribution in [2.75, 3.05) is 6.54 Å². The highest BCUT2D eigenvalue weighted by atomic mass is 16.4. The second-order valence-electron chi connectivity index (χ2n) is 6.62. The Kier molecular flexibility index (Phi) is 3.53. The maximum Gasteiger partial charge on any atom is 0.208 e. The number of aromatic nitrogens is 3. The molecule has 0 spiro atoms. The van der Waals surface area contributed by atoms with E-state index in [1.165, 1.54) is 49.3 Å². The van der Waals surface area contributed by atoms with Gasteiger partial charge in [-0.2, -0.15) is 0 Å². The third-order valence-electron chi connectivity index (χ3n) is 5.08. The van der Waals surface area contributed by atoms with Crippen molar-refractivity contribution in [3.8, 4) is 0 Å². The van der Waals surface area contributed by atoms with Crippen LogP contribution in [-0.2, 0) is 26.4 Å². The topological polar surface area (TPSA) is 47.1 Å². The fourth-order valence-electron chi connectivity index (χ4n) is 3.96. The summed E-state index contributed by atoms with van der Waals surface area (Å²) in [4.78, 5) is 11.8. The molecule has 0 aromatic carbocycles. The summed E-state index contributed by atoms with van der Waals surface area (Å²) in [6.07, 6.45) is 9.13. The van der Waals surface area contributed by atoms with Crippen molar-refractivity contribution >= 4 is 0 Å². The van der Waals surface area contributed by atoms with Crippen molar-refractivity contribution in [3.05, 3.63) is 35.1 Å². The van der Waals surface area contributed by atoms with Gasteiger partial charge in [-0.3, -0.25) is 4.90 Å². The van der Waals surface area contributed by atoms with Gasteiger partial charge in [0.25, 0.3) is 0 Å². The van der Waals surface area contributed by atoms with Crippen molar-refractivity contribution in [2.45, 2.75) is 58.0 Å². The second-order valence-corrected chi connectivity index (χ2v) is 6.62. The Balaban J connectivity index is 1.59. The summed E-state index contributed by atoms with van der Waals surface area (Å²) in [7, 11) is 2.19. The Hall–Kier alpha value is -1.62. The van der Waals surface area contributed by atoms with Gasteiger partial charge in [0, 0.05) is 12.7 Å². The zero-order valence-electron chi connectivity index (χ0n) is 13.5. The molecule has 0 N–H and O–H groups in total. The molecule has 5 nitrogen and oxygen atoms in total. The molecule has 0 amide bonds. The van der Waals surface area contributed by atoms with E-state index in [2.05, 4.69) is 21.5 Å². The molecule has 1 fully saturated rings. The molecule has 3 heterocycles. The summed E-state index contributed by atoms with van der Waals surface area (Å²) in [6.45, 7) is 3.84. The first-order valence-electron chi connectivity index (χ1n) is 8.42. The van der Waals surface area contributed by atoms with E-state index in [1.54, 1.807) is 6.20 Å². The van der Waals surface area contributed by atoms with Gasteiger partial charge in [0.15, 0.2) is 0 Å². The largest absolute Gasteiger partial charge is 0.445 e. The van der Waals surface area contributed by atoms with Crippen LogP contribution in [0.4, 0.5) is 0 Å². The zero-order chi connectivity index (χ0) is 15.1. The number of oxazole rings is 1. The molecule has 118 valence electrons. The lowest BCUT2D eigenvalue weighted by atomic mass is 10.0. The minimum absolute atomic E-state index is 0.405. The van der Waals surface area contributed by atoms with Gasteiger partial charge in [-0.25, -0.2) is 9.97 Å². The minimum Gasteiger partial charge on any atom is -0.445 e. The maximum absolute atomic E-state index is 5.66. The molecule has 22 heavy (non-hydrogen) atoms. The molecule has 4 rings (SSSR count). The first-order valence-corrected chi connectivity index (χ1v) is 8.42. The average Bonchev–Trinajstić information content (AvgIpc) is 3.21. The van der Waals surface area contributed by atoms with Crippen LogP contribution in [0.25, 0.3) is 0 Å². The highest BCUT2D eigenvalue weighted by molar-refractivity contribution is 5.22. The fourth-order valence-corrected chi connectivity index (χ4v) is 3.96. The normalized spacial score (nSPS) is 22.2. The maximum atomic E-state index is 5.66. The average molecular weight is 300 g/mol. The van der Waals surface area contributed by atoms with E-state index in [9.17, 15) is 0 Å². The van der Waals surface area contributed by atoms with Crippen LogP contribution >= 0.6 is 0 Å². The number of likely N-dealkylation sites (tertiary alicyclic amines) is 1. The molecular weight excluding hydrogens is 276 g/mol. The van der Waals surface area contributed by atoms with E-state index in [0.29, 0.717) is 6.04 Å². The number of hydrogen-bond acceptors (Lipinski definition) is 4. The molecule has 0 saturated carbocycles. The third-order valence-corrected chi connectivity index (χ3v) is 5.08. The van der Waals surface area contributed by atoms with Crippen LogP contribution in [0.5, 0.6) is 0 Å². The van der Waals surface area contributed by atoms with Gasteiger partial charge in [0.2, 0.25) is 5.89 Å². The molecule has 0 radical (unpaired) electrons. The van der Waals surface area contributed by atoms with Crippen LogP contribution in [0, 0.1) is 6.92 Å². The third kappa shape index (κ3) is 2.37. The van der Waals surface area contributed by atoms with Crippen molar-refractivity contribution < 1.29 is 4.42 Å². The first-order chi connectivity index (χ1) is 10.7. The van der Waals surface area contributed by atoms with Crippen LogP contribution in [0.2, 0.25) is 0 Å². The van der Waals surface area contributed by atoms with E-state index >= 15 is 0 Å². The van der Waals surface area contributed by atoms with Gasteiger partial charge in [0.05, 0.1) is 24.5 Å². The Morgan fingerprint density at radius 1 is 1.27 bits per heavy atom. The summed E-state index contributed by atoms with van der Waals surface area (Å²) in [5, 5.41) is 0. The van der Waals surface area contributed by atoms with Crippen molar-refractivity contribution in [1.29, 1.82) is 0 Å². The van der Waals surface area contributed by atoms with Crippen LogP contribution < -0.4 is 0 Å². The fraction of sp³-hybridized carbons (Fsp3) is 0.647. The van der Waals surface area contributed by atoms with E-state index in [-0.39, 0.29) is 0 Å².